The van der Waals surface area contributed by atoms with Gasteiger partial charge in [-0.05, 0) is 38.0 Å². The largest absolute Gasteiger partial charge is 0.369 e. The molecule has 2 saturated heterocycles. The number of fused-ring (bicyclic) bond motifs is 3. The van der Waals surface area contributed by atoms with Crippen molar-refractivity contribution in [2.24, 2.45) is 0 Å². The molecule has 6 heterocycles. The standard InChI is InChI=1S/C20H19Cl2N3O4S/c1-20(2)28-13-12(14-16-9(4-6-26-14)7-11(21)30-16)27-19(15(13)29-20)25-5-3-10-17(22)23-8-24-18(10)25/h3,5,7-8,12-15,19H,4,6H2,1-2H3/t12-,13+,14+,15+,19+/m0/s1. The molecule has 0 aromatic carbocycles. The lowest BCUT2D eigenvalue weighted by Crippen LogP contribution is -2.36. The lowest BCUT2D eigenvalue weighted by molar-refractivity contribution is -0.212. The van der Waals surface area contributed by atoms with Gasteiger partial charge in [0, 0.05) is 11.1 Å². The zero-order valence-corrected chi connectivity index (χ0v) is 18.6. The summed E-state index contributed by atoms with van der Waals surface area (Å²) in [5.41, 5.74) is 1.91. The molecule has 0 N–H and O–H groups in total. The van der Waals surface area contributed by atoms with Gasteiger partial charge in [0.2, 0.25) is 0 Å². The van der Waals surface area contributed by atoms with E-state index in [1.165, 1.54) is 11.9 Å². The van der Waals surface area contributed by atoms with E-state index < -0.39 is 12.0 Å². The van der Waals surface area contributed by atoms with Crippen molar-refractivity contribution in [2.75, 3.05) is 6.61 Å². The molecule has 3 aromatic heterocycles. The Bertz CT molecular complexity index is 1130. The van der Waals surface area contributed by atoms with Crippen LogP contribution in [0.1, 0.15) is 36.6 Å². The first-order chi connectivity index (χ1) is 14.4. The zero-order valence-electron chi connectivity index (χ0n) is 16.2. The summed E-state index contributed by atoms with van der Waals surface area (Å²) in [7, 11) is 0. The number of hydrogen-bond acceptors (Lipinski definition) is 7. The van der Waals surface area contributed by atoms with Crippen LogP contribution in [0.3, 0.4) is 0 Å². The number of thiophene rings is 1. The van der Waals surface area contributed by atoms with Crippen LogP contribution in [0.5, 0.6) is 0 Å². The number of aromatic nitrogens is 3. The van der Waals surface area contributed by atoms with E-state index in [2.05, 4.69) is 9.97 Å². The molecule has 3 aliphatic heterocycles. The van der Waals surface area contributed by atoms with Gasteiger partial charge >= 0.3 is 0 Å². The molecule has 7 nitrogen and oxygen atoms in total. The van der Waals surface area contributed by atoms with E-state index >= 15 is 0 Å². The molecule has 158 valence electrons. The topological polar surface area (TPSA) is 67.6 Å². The number of rotatable bonds is 2. The van der Waals surface area contributed by atoms with Crippen LogP contribution in [-0.4, -0.2) is 45.2 Å². The van der Waals surface area contributed by atoms with E-state index in [1.54, 1.807) is 11.3 Å². The van der Waals surface area contributed by atoms with E-state index in [4.69, 9.17) is 42.1 Å². The molecule has 30 heavy (non-hydrogen) atoms. The second-order valence-electron chi connectivity index (χ2n) is 8.16. The Morgan fingerprint density at radius 1 is 1.17 bits per heavy atom. The second-order valence-corrected chi connectivity index (χ2v) is 10.2. The minimum atomic E-state index is -0.726. The summed E-state index contributed by atoms with van der Waals surface area (Å²) in [5.74, 6) is -0.726. The average molecular weight is 468 g/mol. The van der Waals surface area contributed by atoms with Gasteiger partial charge in [-0.15, -0.1) is 11.3 Å². The Morgan fingerprint density at radius 2 is 2.00 bits per heavy atom. The van der Waals surface area contributed by atoms with Crippen LogP contribution < -0.4 is 0 Å². The molecular formula is C20H19Cl2N3O4S. The molecule has 3 aliphatic rings. The Kier molecular flexibility index (Phi) is 4.45. The molecule has 3 aromatic rings. The molecule has 6 rings (SSSR count). The second kappa shape index (κ2) is 6.87. The first-order valence-corrected chi connectivity index (χ1v) is 11.4. The van der Waals surface area contributed by atoms with Crippen LogP contribution in [0, 0.1) is 0 Å². The minimum Gasteiger partial charge on any atom is -0.369 e. The first-order valence-electron chi connectivity index (χ1n) is 9.79. The van der Waals surface area contributed by atoms with Crippen LogP contribution in [-0.2, 0) is 25.4 Å². The van der Waals surface area contributed by atoms with E-state index in [9.17, 15) is 0 Å². The molecule has 0 aliphatic carbocycles. The average Bonchev–Trinajstić information content (AvgIpc) is 3.42. The number of halogens is 2. The van der Waals surface area contributed by atoms with Crippen molar-refractivity contribution in [1.82, 2.24) is 14.5 Å². The third-order valence-corrected chi connectivity index (χ3v) is 7.51. The zero-order chi connectivity index (χ0) is 20.6. The SMILES string of the molecule is CC1(C)O[C@H]2[C@@H](O1)[C@H](n1ccc3c(Cl)ncnc31)O[C@@H]2[C@H]1OCCc2cc(Cl)sc21. The van der Waals surface area contributed by atoms with Crippen molar-refractivity contribution in [3.05, 3.63) is 44.6 Å². The van der Waals surface area contributed by atoms with Crippen molar-refractivity contribution in [3.63, 3.8) is 0 Å². The monoisotopic (exact) mass is 467 g/mol. The minimum absolute atomic E-state index is 0.263. The van der Waals surface area contributed by atoms with Gasteiger partial charge in [0.05, 0.1) is 16.3 Å². The highest BCUT2D eigenvalue weighted by molar-refractivity contribution is 7.16. The summed E-state index contributed by atoms with van der Waals surface area (Å²) in [6.07, 6.45) is 2.54. The van der Waals surface area contributed by atoms with Crippen LogP contribution in [0.25, 0.3) is 11.0 Å². The molecule has 2 fully saturated rings. The third-order valence-electron chi connectivity index (χ3n) is 5.84. The van der Waals surface area contributed by atoms with Crippen molar-refractivity contribution in [3.8, 4) is 0 Å². The summed E-state index contributed by atoms with van der Waals surface area (Å²) in [5, 5.41) is 1.17. The van der Waals surface area contributed by atoms with Gasteiger partial charge in [0.15, 0.2) is 12.0 Å². The lowest BCUT2D eigenvalue weighted by Gasteiger charge is -2.31. The summed E-state index contributed by atoms with van der Waals surface area (Å²) >= 11 is 14.1. The fraction of sp³-hybridized carbons (Fsp3) is 0.500. The van der Waals surface area contributed by atoms with Crippen molar-refractivity contribution in [2.45, 2.75) is 56.7 Å². The molecule has 5 atom stereocenters. The maximum absolute atomic E-state index is 6.57. The van der Waals surface area contributed by atoms with Gasteiger partial charge < -0.3 is 23.5 Å². The highest BCUT2D eigenvalue weighted by atomic mass is 35.5. The normalized spacial score (nSPS) is 32.5. The van der Waals surface area contributed by atoms with E-state index in [0.717, 1.165) is 21.0 Å². The molecule has 0 saturated carbocycles. The Balaban J connectivity index is 1.42. The van der Waals surface area contributed by atoms with Gasteiger partial charge in [0.1, 0.15) is 41.5 Å². The van der Waals surface area contributed by atoms with Crippen LogP contribution in [0.2, 0.25) is 9.49 Å². The summed E-state index contributed by atoms with van der Waals surface area (Å²) in [4.78, 5) is 9.59. The highest BCUT2D eigenvalue weighted by Crippen LogP contribution is 2.50. The number of ether oxygens (including phenoxy) is 4. The van der Waals surface area contributed by atoms with Gasteiger partial charge in [-0.2, -0.15) is 0 Å². The predicted molar refractivity (Wildman–Crippen MR) is 112 cm³/mol. The summed E-state index contributed by atoms with van der Waals surface area (Å²) < 4.78 is 28.0. The van der Waals surface area contributed by atoms with Crippen molar-refractivity contribution < 1.29 is 18.9 Å². The maximum Gasteiger partial charge on any atom is 0.164 e. The molecule has 0 amide bonds. The first kappa shape index (κ1) is 19.4. The fourth-order valence-corrected chi connectivity index (χ4v) is 6.27. The number of nitrogens with zero attached hydrogens (tertiary/aromatic N) is 3. The van der Waals surface area contributed by atoms with Crippen molar-refractivity contribution in [1.29, 1.82) is 0 Å². The quantitative estimate of drug-likeness (QED) is 0.515. The van der Waals surface area contributed by atoms with Gasteiger partial charge in [0.25, 0.3) is 0 Å². The smallest absolute Gasteiger partial charge is 0.164 e. The van der Waals surface area contributed by atoms with Crippen molar-refractivity contribution >= 4 is 45.6 Å². The molecule has 0 bridgehead atoms. The molecule has 0 spiro atoms. The van der Waals surface area contributed by atoms with E-state index in [0.29, 0.717) is 17.4 Å². The number of hydrogen-bond donors (Lipinski definition) is 0. The van der Waals surface area contributed by atoms with E-state index in [1.807, 2.05) is 36.7 Å². The van der Waals surface area contributed by atoms with Crippen LogP contribution in [0.15, 0.2) is 24.7 Å². The summed E-state index contributed by atoms with van der Waals surface area (Å²) in [6.45, 7) is 4.45. The van der Waals surface area contributed by atoms with Gasteiger partial charge in [-0.1, -0.05) is 23.2 Å². The van der Waals surface area contributed by atoms with Crippen LogP contribution >= 0.6 is 34.5 Å². The Morgan fingerprint density at radius 3 is 2.87 bits per heavy atom. The van der Waals surface area contributed by atoms with Gasteiger partial charge in [-0.3, -0.25) is 0 Å². The molecule has 0 unspecified atom stereocenters. The fourth-order valence-electron chi connectivity index (χ4n) is 4.68. The summed E-state index contributed by atoms with van der Waals surface area (Å²) in [6, 6.07) is 3.91. The molecular weight excluding hydrogens is 449 g/mol. The molecule has 10 heteroatoms. The highest BCUT2D eigenvalue weighted by Gasteiger charge is 2.59. The lowest BCUT2D eigenvalue weighted by atomic mass is 9.99. The predicted octanol–water partition coefficient (Wildman–Crippen LogP) is 4.53. The van der Waals surface area contributed by atoms with Gasteiger partial charge in [-0.25, -0.2) is 9.97 Å². The van der Waals surface area contributed by atoms with Crippen LogP contribution in [0.4, 0.5) is 0 Å². The Labute approximate surface area is 186 Å². The maximum atomic E-state index is 6.57. The molecule has 0 radical (unpaired) electrons. The van der Waals surface area contributed by atoms with E-state index in [-0.39, 0.29) is 24.4 Å². The Hall–Kier alpha value is -1.26. The third kappa shape index (κ3) is 2.93.